The Morgan fingerprint density at radius 2 is 2.00 bits per heavy atom. The maximum Gasteiger partial charge on any atom is 0.255 e. The summed E-state index contributed by atoms with van der Waals surface area (Å²) >= 11 is 1.58. The van der Waals surface area contributed by atoms with Crippen molar-refractivity contribution < 1.29 is 9.90 Å². The smallest absolute Gasteiger partial charge is 0.255 e. The van der Waals surface area contributed by atoms with Crippen molar-refractivity contribution in [3.8, 4) is 0 Å². The van der Waals surface area contributed by atoms with Gasteiger partial charge in [-0.05, 0) is 24.6 Å². The fourth-order valence-electron chi connectivity index (χ4n) is 2.51. The first-order valence-corrected chi connectivity index (χ1v) is 8.44. The van der Waals surface area contributed by atoms with Gasteiger partial charge in [0.1, 0.15) is 0 Å². The van der Waals surface area contributed by atoms with Crippen molar-refractivity contribution in [3.05, 3.63) is 65.3 Å². The number of pyridine rings is 1. The van der Waals surface area contributed by atoms with Crippen LogP contribution >= 0.6 is 11.3 Å². The van der Waals surface area contributed by atoms with Gasteiger partial charge in [-0.25, -0.2) is 0 Å². The van der Waals surface area contributed by atoms with Crippen LogP contribution < -0.4 is 0 Å². The lowest BCUT2D eigenvalue weighted by atomic mass is 10.1. The number of fused-ring (bicyclic) bond motifs is 1. The fraction of sp³-hybridized carbons (Fsp3) is 0.222. The standard InChI is InChI=1S/C18H18N2O2S/c21-11-5-10-20(12-14-6-3-4-9-19-14)18(22)16-13-23-17-8-2-1-7-15(16)17/h1-4,6-9,13,21H,5,10-12H2. The molecule has 0 unspecified atom stereocenters. The largest absolute Gasteiger partial charge is 0.396 e. The molecule has 4 nitrogen and oxygen atoms in total. The molecule has 23 heavy (non-hydrogen) atoms. The van der Waals surface area contributed by atoms with Crippen molar-refractivity contribution in [3.63, 3.8) is 0 Å². The van der Waals surface area contributed by atoms with Gasteiger partial charge in [-0.3, -0.25) is 9.78 Å². The summed E-state index contributed by atoms with van der Waals surface area (Å²) in [6.45, 7) is 1.02. The van der Waals surface area contributed by atoms with E-state index in [1.54, 1.807) is 22.4 Å². The van der Waals surface area contributed by atoms with Crippen molar-refractivity contribution in [2.24, 2.45) is 0 Å². The van der Waals surface area contributed by atoms with E-state index < -0.39 is 0 Å². The van der Waals surface area contributed by atoms with Crippen molar-refractivity contribution in [1.29, 1.82) is 0 Å². The summed E-state index contributed by atoms with van der Waals surface area (Å²) in [6, 6.07) is 13.6. The Hall–Kier alpha value is -2.24. The Morgan fingerprint density at radius 3 is 2.78 bits per heavy atom. The lowest BCUT2D eigenvalue weighted by Gasteiger charge is -2.22. The van der Waals surface area contributed by atoms with Crippen LogP contribution in [0.3, 0.4) is 0 Å². The summed E-state index contributed by atoms with van der Waals surface area (Å²) in [7, 11) is 0. The molecule has 1 aromatic carbocycles. The molecular formula is C18H18N2O2S. The molecule has 0 saturated heterocycles. The predicted octanol–water partition coefficient (Wildman–Crippen LogP) is 3.32. The molecular weight excluding hydrogens is 308 g/mol. The molecule has 2 heterocycles. The van der Waals surface area contributed by atoms with Gasteiger partial charge in [0.25, 0.3) is 5.91 Å². The number of aliphatic hydroxyl groups excluding tert-OH is 1. The molecule has 0 spiro atoms. The normalized spacial score (nSPS) is 10.8. The van der Waals surface area contributed by atoms with Gasteiger partial charge in [0.2, 0.25) is 0 Å². The Morgan fingerprint density at radius 1 is 1.17 bits per heavy atom. The number of nitrogens with zero attached hydrogens (tertiary/aromatic N) is 2. The molecule has 0 radical (unpaired) electrons. The van der Waals surface area contributed by atoms with E-state index in [-0.39, 0.29) is 12.5 Å². The van der Waals surface area contributed by atoms with Crippen LogP contribution in [0.25, 0.3) is 10.1 Å². The third kappa shape index (κ3) is 3.57. The average Bonchev–Trinajstić information content (AvgIpc) is 3.03. The van der Waals surface area contributed by atoms with E-state index in [2.05, 4.69) is 4.98 Å². The van der Waals surface area contributed by atoms with E-state index in [1.165, 1.54) is 0 Å². The molecule has 2 aromatic heterocycles. The monoisotopic (exact) mass is 326 g/mol. The highest BCUT2D eigenvalue weighted by atomic mass is 32.1. The highest BCUT2D eigenvalue weighted by molar-refractivity contribution is 7.17. The number of benzene rings is 1. The zero-order valence-corrected chi connectivity index (χ0v) is 13.5. The molecule has 0 fully saturated rings. The van der Waals surface area contributed by atoms with Crippen molar-refractivity contribution in [2.75, 3.05) is 13.2 Å². The summed E-state index contributed by atoms with van der Waals surface area (Å²) in [4.78, 5) is 19.0. The molecule has 0 aliphatic heterocycles. The van der Waals surface area contributed by atoms with Crippen LogP contribution in [-0.4, -0.2) is 34.0 Å². The summed E-state index contributed by atoms with van der Waals surface area (Å²) in [6.07, 6.45) is 2.28. The Balaban J connectivity index is 1.87. The first-order valence-electron chi connectivity index (χ1n) is 7.56. The number of thiophene rings is 1. The first kappa shape index (κ1) is 15.6. The number of hydrogen-bond donors (Lipinski definition) is 1. The van der Waals surface area contributed by atoms with Crippen LogP contribution in [-0.2, 0) is 6.54 Å². The molecule has 1 amide bonds. The van der Waals surface area contributed by atoms with Gasteiger partial charge >= 0.3 is 0 Å². The van der Waals surface area contributed by atoms with E-state index in [0.717, 1.165) is 21.3 Å². The number of aromatic nitrogens is 1. The zero-order chi connectivity index (χ0) is 16.1. The van der Waals surface area contributed by atoms with E-state index in [1.807, 2.05) is 47.8 Å². The quantitative estimate of drug-likeness (QED) is 0.756. The summed E-state index contributed by atoms with van der Waals surface area (Å²) in [5.74, 6) is -0.0125. The molecule has 3 aromatic rings. The molecule has 0 bridgehead atoms. The number of aliphatic hydroxyl groups is 1. The molecule has 0 atom stereocenters. The number of hydrogen-bond acceptors (Lipinski definition) is 4. The number of rotatable bonds is 6. The maximum atomic E-state index is 13.0. The summed E-state index contributed by atoms with van der Waals surface area (Å²) < 4.78 is 1.11. The topological polar surface area (TPSA) is 53.4 Å². The summed E-state index contributed by atoms with van der Waals surface area (Å²) in [5.41, 5.74) is 1.57. The highest BCUT2D eigenvalue weighted by Crippen LogP contribution is 2.27. The van der Waals surface area contributed by atoms with Crippen LogP contribution in [0.5, 0.6) is 0 Å². The SMILES string of the molecule is O=C(c1csc2ccccc12)N(CCCO)Cc1ccccn1. The Kier molecular flexibility index (Phi) is 5.00. The van der Waals surface area contributed by atoms with E-state index >= 15 is 0 Å². The van der Waals surface area contributed by atoms with Gasteiger partial charge in [0, 0.05) is 34.8 Å². The van der Waals surface area contributed by atoms with E-state index in [0.29, 0.717) is 19.5 Å². The van der Waals surface area contributed by atoms with Crippen LogP contribution in [0.15, 0.2) is 54.0 Å². The Labute approximate surface area is 139 Å². The minimum Gasteiger partial charge on any atom is -0.396 e. The molecule has 5 heteroatoms. The maximum absolute atomic E-state index is 13.0. The average molecular weight is 326 g/mol. The van der Waals surface area contributed by atoms with Crippen LogP contribution in [0, 0.1) is 0 Å². The first-order chi connectivity index (χ1) is 11.3. The molecule has 118 valence electrons. The van der Waals surface area contributed by atoms with Crippen LogP contribution in [0.4, 0.5) is 0 Å². The van der Waals surface area contributed by atoms with Gasteiger partial charge < -0.3 is 10.0 Å². The second kappa shape index (κ2) is 7.35. The van der Waals surface area contributed by atoms with Crippen molar-refractivity contribution in [2.45, 2.75) is 13.0 Å². The van der Waals surface area contributed by atoms with Crippen LogP contribution in [0.1, 0.15) is 22.5 Å². The van der Waals surface area contributed by atoms with Gasteiger partial charge in [0.05, 0.1) is 17.8 Å². The molecule has 1 N–H and O–H groups in total. The highest BCUT2D eigenvalue weighted by Gasteiger charge is 2.19. The second-order valence-corrected chi connectivity index (χ2v) is 6.18. The third-order valence-corrected chi connectivity index (χ3v) is 4.63. The van der Waals surface area contributed by atoms with E-state index in [4.69, 9.17) is 5.11 Å². The van der Waals surface area contributed by atoms with Gasteiger partial charge in [-0.15, -0.1) is 11.3 Å². The fourth-order valence-corrected chi connectivity index (χ4v) is 3.45. The van der Waals surface area contributed by atoms with Crippen molar-refractivity contribution >= 4 is 27.3 Å². The van der Waals surface area contributed by atoms with Gasteiger partial charge in [-0.1, -0.05) is 24.3 Å². The second-order valence-electron chi connectivity index (χ2n) is 5.27. The van der Waals surface area contributed by atoms with Gasteiger partial charge in [0.15, 0.2) is 0 Å². The molecule has 0 aliphatic rings. The van der Waals surface area contributed by atoms with Gasteiger partial charge in [-0.2, -0.15) is 0 Å². The minimum absolute atomic E-state index is 0.0125. The molecule has 0 aliphatic carbocycles. The third-order valence-electron chi connectivity index (χ3n) is 3.66. The summed E-state index contributed by atoms with van der Waals surface area (Å²) in [5, 5.41) is 12.0. The molecule has 0 saturated carbocycles. The zero-order valence-electron chi connectivity index (χ0n) is 12.7. The lowest BCUT2D eigenvalue weighted by Crippen LogP contribution is -2.32. The number of carbonyl (C=O) groups is 1. The minimum atomic E-state index is -0.0125. The van der Waals surface area contributed by atoms with E-state index in [9.17, 15) is 4.79 Å². The Bertz CT molecular complexity index is 786. The van der Waals surface area contributed by atoms with Crippen LogP contribution in [0.2, 0.25) is 0 Å². The predicted molar refractivity (Wildman–Crippen MR) is 92.5 cm³/mol. The number of amides is 1. The molecule has 3 rings (SSSR count). The number of carbonyl (C=O) groups excluding carboxylic acids is 1. The van der Waals surface area contributed by atoms with Crippen molar-refractivity contribution in [1.82, 2.24) is 9.88 Å². The lowest BCUT2D eigenvalue weighted by molar-refractivity contribution is 0.0732.